The fraction of sp³-hybridized carbons (Fsp3) is 0.545. The molecule has 2 heterocycles. The maximum Gasteiger partial charge on any atom is 0.490 e. The van der Waals surface area contributed by atoms with Gasteiger partial charge < -0.3 is 44.7 Å². The van der Waals surface area contributed by atoms with Crippen molar-refractivity contribution in [2.24, 2.45) is 0 Å². The third-order valence-electron chi connectivity index (χ3n) is 3.91. The minimum atomic E-state index is -5.82. The Balaban J connectivity index is 2.16. The molecule has 178 valence electrons. The summed E-state index contributed by atoms with van der Waals surface area (Å²) in [5.74, 6) is -4.03. The molecule has 0 aromatic heterocycles. The summed E-state index contributed by atoms with van der Waals surface area (Å²) in [6, 6.07) is 0. The summed E-state index contributed by atoms with van der Waals surface area (Å²) in [6.07, 6.45) is -1.44. The van der Waals surface area contributed by atoms with Crippen LogP contribution >= 0.6 is 23.5 Å². The number of hydrogen-bond acceptors (Lipinski definition) is 11. The minimum absolute atomic E-state index is 0.635. The van der Waals surface area contributed by atoms with E-state index in [2.05, 4.69) is 25.0 Å². The first-order valence-corrected chi connectivity index (χ1v) is 12.4. The number of aliphatic hydroxyl groups is 2. The van der Waals surface area contributed by atoms with Gasteiger partial charge in [-0.1, -0.05) is 12.7 Å². The van der Waals surface area contributed by atoms with E-state index in [4.69, 9.17) is 19.4 Å². The van der Waals surface area contributed by atoms with Crippen LogP contribution in [0.1, 0.15) is 6.42 Å². The van der Waals surface area contributed by atoms with Crippen LogP contribution in [0, 0.1) is 0 Å². The highest BCUT2D eigenvalue weighted by Crippen LogP contribution is 2.66. The predicted molar refractivity (Wildman–Crippen MR) is 93.4 cm³/mol. The number of rotatable bonds is 9. The number of nitrogens with zero attached hydrogens (tertiary/aromatic N) is 1. The highest BCUT2D eigenvalue weighted by atomic mass is 31.3. The second kappa shape index (κ2) is 8.72. The van der Waals surface area contributed by atoms with Gasteiger partial charge in [-0.25, -0.2) is 18.1 Å². The normalized spacial score (nSPS) is 35.3. The molecule has 7 N–H and O–H groups in total. The average Bonchev–Trinajstić information content (AvgIpc) is 2.80. The second-order valence-corrected chi connectivity index (χ2v) is 10.6. The minimum Gasteiger partial charge on any atom is -0.359 e. The standard InChI is InChI=1S/C11H18FN2O14P3/c1-2-10(6-25-30(21,22)28-31(23,24)27-29(18,19)20)11(12,17)5-8(26-10)14-4-3-7(15)13-9(14)16/h2-4,8-9,16-17H,1,5-6H2,(H,13,15)(H,21,22)(H,23,24)(H2,18,19,20)/t8-,9?,10-,11-/m1/s1. The fourth-order valence-electron chi connectivity index (χ4n) is 2.57. The molecule has 0 aromatic carbocycles. The van der Waals surface area contributed by atoms with Crippen molar-refractivity contribution >= 4 is 29.4 Å². The maximum absolute atomic E-state index is 14.9. The molecule has 1 amide bonds. The number of alkyl halides is 1. The van der Waals surface area contributed by atoms with Crippen LogP contribution in [-0.2, 0) is 36.4 Å². The number of carbonyl (C=O) groups excluding carboxylic acids is 1. The molecule has 0 aromatic rings. The van der Waals surface area contributed by atoms with E-state index in [1.54, 1.807) is 0 Å². The number of halogens is 1. The number of ether oxygens (including phenoxy) is 1. The zero-order chi connectivity index (χ0) is 23.9. The van der Waals surface area contributed by atoms with Gasteiger partial charge in [-0.05, 0) is 0 Å². The largest absolute Gasteiger partial charge is 0.490 e. The molecule has 3 unspecified atom stereocenters. The van der Waals surface area contributed by atoms with Crippen molar-refractivity contribution in [3.63, 3.8) is 0 Å². The van der Waals surface area contributed by atoms with E-state index in [9.17, 15) is 38.0 Å². The highest BCUT2D eigenvalue weighted by Gasteiger charge is 2.61. The lowest BCUT2D eigenvalue weighted by atomic mass is 9.95. The van der Waals surface area contributed by atoms with Crippen LogP contribution in [0.4, 0.5) is 4.39 Å². The molecule has 0 saturated carbocycles. The van der Waals surface area contributed by atoms with Crippen molar-refractivity contribution in [1.82, 2.24) is 10.2 Å². The molecule has 31 heavy (non-hydrogen) atoms. The van der Waals surface area contributed by atoms with E-state index in [1.165, 1.54) is 0 Å². The molecule has 16 nitrogen and oxygen atoms in total. The van der Waals surface area contributed by atoms with Gasteiger partial charge >= 0.3 is 23.5 Å². The van der Waals surface area contributed by atoms with Crippen LogP contribution in [0.25, 0.3) is 0 Å². The van der Waals surface area contributed by atoms with E-state index < -0.39 is 66.4 Å². The SMILES string of the molecule is C=C[C@]1(COP(=O)(O)OP(=O)(O)OP(=O)(O)O)O[C@@H](N2C=CC(=O)NC2O)C[C@]1(O)F. The third kappa shape index (κ3) is 6.49. The third-order valence-corrected chi connectivity index (χ3v) is 7.69. The van der Waals surface area contributed by atoms with Crippen molar-refractivity contribution < 1.29 is 70.5 Å². The molecular weight excluding hydrogens is 496 g/mol. The van der Waals surface area contributed by atoms with Crippen LogP contribution in [0.5, 0.6) is 0 Å². The van der Waals surface area contributed by atoms with Gasteiger partial charge in [0.05, 0.1) is 13.0 Å². The Morgan fingerprint density at radius 3 is 2.42 bits per heavy atom. The van der Waals surface area contributed by atoms with Gasteiger partial charge in [-0.3, -0.25) is 9.32 Å². The van der Waals surface area contributed by atoms with Gasteiger partial charge in [0.25, 0.3) is 0 Å². The summed E-state index contributed by atoms with van der Waals surface area (Å²) < 4.78 is 65.4. The van der Waals surface area contributed by atoms with E-state index >= 15 is 0 Å². The number of carbonyl (C=O) groups is 1. The van der Waals surface area contributed by atoms with E-state index in [0.29, 0.717) is 6.08 Å². The van der Waals surface area contributed by atoms with Crippen molar-refractivity contribution in [2.75, 3.05) is 6.61 Å². The molecule has 0 radical (unpaired) electrons. The van der Waals surface area contributed by atoms with Crippen LogP contribution in [-0.4, -0.2) is 71.2 Å². The first-order valence-electron chi connectivity index (χ1n) is 7.86. The number of phosphoric ester groups is 1. The van der Waals surface area contributed by atoms with Crippen molar-refractivity contribution in [3.8, 4) is 0 Å². The lowest BCUT2D eigenvalue weighted by molar-refractivity contribution is -0.199. The second-order valence-electron chi connectivity index (χ2n) is 6.14. The van der Waals surface area contributed by atoms with E-state index in [-0.39, 0.29) is 0 Å². The predicted octanol–water partition coefficient (Wildman–Crippen LogP) is -1.12. The Labute approximate surface area is 173 Å². The van der Waals surface area contributed by atoms with Crippen LogP contribution in [0.3, 0.4) is 0 Å². The first-order chi connectivity index (χ1) is 13.9. The smallest absolute Gasteiger partial charge is 0.359 e. The number of hydrogen-bond donors (Lipinski definition) is 7. The zero-order valence-corrected chi connectivity index (χ0v) is 17.8. The molecule has 6 atom stereocenters. The molecular formula is C11H18FN2O14P3. The van der Waals surface area contributed by atoms with Crippen molar-refractivity contribution in [1.29, 1.82) is 0 Å². The molecule has 0 aliphatic carbocycles. The summed E-state index contributed by atoms with van der Waals surface area (Å²) >= 11 is 0. The van der Waals surface area contributed by atoms with E-state index in [0.717, 1.165) is 17.2 Å². The highest BCUT2D eigenvalue weighted by molar-refractivity contribution is 7.66. The molecule has 2 aliphatic rings. The van der Waals surface area contributed by atoms with Gasteiger partial charge in [0.15, 0.2) is 5.60 Å². The number of nitrogens with one attached hydrogen (secondary N) is 1. The Hall–Kier alpha value is -1.03. The quantitative estimate of drug-likeness (QED) is 0.142. The van der Waals surface area contributed by atoms with Crippen molar-refractivity contribution in [2.45, 2.75) is 30.5 Å². The lowest BCUT2D eigenvalue weighted by Gasteiger charge is -2.35. The summed E-state index contributed by atoms with van der Waals surface area (Å²) in [5, 5.41) is 22.0. The Kier molecular flexibility index (Phi) is 7.38. The van der Waals surface area contributed by atoms with Crippen LogP contribution in [0.15, 0.2) is 24.9 Å². The summed E-state index contributed by atoms with van der Waals surface area (Å²) in [7, 11) is -17.1. The molecule has 0 bridgehead atoms. The van der Waals surface area contributed by atoms with Crippen molar-refractivity contribution in [3.05, 3.63) is 24.9 Å². The lowest BCUT2D eigenvalue weighted by Crippen LogP contribution is -2.53. The molecule has 0 spiro atoms. The van der Waals surface area contributed by atoms with Gasteiger partial charge in [-0.15, -0.1) is 0 Å². The first kappa shape index (κ1) is 26.2. The van der Waals surface area contributed by atoms with Gasteiger partial charge in [0, 0.05) is 12.3 Å². The number of aliphatic hydroxyl groups excluding tert-OH is 1. The summed E-state index contributed by atoms with van der Waals surface area (Å²) in [6.45, 7) is 1.86. The molecule has 20 heteroatoms. The number of phosphoric acid groups is 3. The van der Waals surface area contributed by atoms with Crippen LogP contribution < -0.4 is 5.32 Å². The number of amides is 1. The summed E-state index contributed by atoms with van der Waals surface area (Å²) in [4.78, 5) is 47.7. The molecule has 1 fully saturated rings. The van der Waals surface area contributed by atoms with Crippen LogP contribution in [0.2, 0.25) is 0 Å². The Bertz CT molecular complexity index is 906. The van der Waals surface area contributed by atoms with E-state index in [1.807, 2.05) is 0 Å². The summed E-state index contributed by atoms with van der Waals surface area (Å²) in [5.41, 5.74) is -2.60. The fourth-order valence-corrected chi connectivity index (χ4v) is 5.62. The Morgan fingerprint density at radius 2 is 1.90 bits per heavy atom. The van der Waals surface area contributed by atoms with Gasteiger partial charge in [0.2, 0.25) is 18.1 Å². The molecule has 1 saturated heterocycles. The zero-order valence-electron chi connectivity index (χ0n) is 15.1. The molecule has 2 aliphatic heterocycles. The average molecular weight is 514 g/mol. The monoisotopic (exact) mass is 514 g/mol. The molecule has 2 rings (SSSR count). The van der Waals surface area contributed by atoms with Gasteiger partial charge in [0.1, 0.15) is 6.23 Å². The topological polar surface area (TPSA) is 242 Å². The Morgan fingerprint density at radius 1 is 1.29 bits per heavy atom. The maximum atomic E-state index is 14.9. The van der Waals surface area contributed by atoms with Gasteiger partial charge in [-0.2, -0.15) is 8.62 Å².